The first-order valence-corrected chi connectivity index (χ1v) is 16.1. The molecule has 0 saturated heterocycles. The van der Waals surface area contributed by atoms with Crippen molar-refractivity contribution in [2.24, 2.45) is 0 Å². The Bertz CT molecular complexity index is 1710. The molecule has 0 bridgehead atoms. The Morgan fingerprint density at radius 2 is 1.43 bits per heavy atom. The molecule has 0 fully saturated rings. The minimum Gasteiger partial charge on any atom is -0.352 e. The largest absolute Gasteiger partial charge is 0.352 e. The van der Waals surface area contributed by atoms with Gasteiger partial charge >= 0.3 is 0 Å². The SMILES string of the molecule is CC(C)NC(=O)[C@@H](Cc1ccccc1)N(Cc1ccc(Cl)c(Cl)c1)C(=O)CN(c1ccccc1F)S(=O)(=O)c1ccccc1. The molecule has 1 atom stereocenters. The van der Waals surface area contributed by atoms with E-state index in [-0.39, 0.29) is 34.6 Å². The number of carbonyl (C=O) groups is 2. The Kier molecular flexibility index (Phi) is 11.0. The maximum Gasteiger partial charge on any atom is 0.264 e. The van der Waals surface area contributed by atoms with E-state index < -0.39 is 40.2 Å². The second-order valence-corrected chi connectivity index (χ2v) is 13.1. The fraction of sp³-hybridized carbons (Fsp3) is 0.212. The molecular weight excluding hydrogens is 624 g/mol. The molecule has 4 aromatic rings. The first kappa shape index (κ1) is 33.0. The van der Waals surface area contributed by atoms with E-state index in [9.17, 15) is 18.0 Å². The number of rotatable bonds is 12. The van der Waals surface area contributed by atoms with Crippen molar-refractivity contribution >= 4 is 50.7 Å². The van der Waals surface area contributed by atoms with Gasteiger partial charge in [-0.3, -0.25) is 13.9 Å². The Morgan fingerprint density at radius 3 is 2.05 bits per heavy atom. The van der Waals surface area contributed by atoms with Gasteiger partial charge in [0.2, 0.25) is 11.8 Å². The molecule has 0 heterocycles. The van der Waals surface area contributed by atoms with Gasteiger partial charge in [-0.15, -0.1) is 0 Å². The molecule has 4 rings (SSSR count). The molecule has 0 unspecified atom stereocenters. The van der Waals surface area contributed by atoms with E-state index in [4.69, 9.17) is 23.2 Å². The van der Waals surface area contributed by atoms with Crippen molar-refractivity contribution in [2.75, 3.05) is 10.8 Å². The predicted molar refractivity (Wildman–Crippen MR) is 172 cm³/mol. The highest BCUT2D eigenvalue weighted by molar-refractivity contribution is 7.92. The second kappa shape index (κ2) is 14.7. The summed E-state index contributed by atoms with van der Waals surface area (Å²) in [6.45, 7) is 2.72. The average Bonchev–Trinajstić information content (AvgIpc) is 3.00. The molecular formula is C33H32Cl2FN3O4S. The Labute approximate surface area is 267 Å². The molecule has 1 N–H and O–H groups in total. The van der Waals surface area contributed by atoms with Crippen molar-refractivity contribution in [1.29, 1.82) is 0 Å². The number of hydrogen-bond acceptors (Lipinski definition) is 4. The number of halogens is 3. The number of hydrogen-bond donors (Lipinski definition) is 1. The van der Waals surface area contributed by atoms with Crippen LogP contribution in [0.4, 0.5) is 10.1 Å². The summed E-state index contributed by atoms with van der Waals surface area (Å²) >= 11 is 12.4. The molecule has 0 radical (unpaired) electrons. The highest BCUT2D eigenvalue weighted by Gasteiger charge is 2.35. The molecule has 0 aliphatic rings. The zero-order valence-corrected chi connectivity index (χ0v) is 26.5. The number of nitrogens with one attached hydrogen (secondary N) is 1. The van der Waals surface area contributed by atoms with Crippen molar-refractivity contribution in [3.63, 3.8) is 0 Å². The maximum atomic E-state index is 15.2. The van der Waals surface area contributed by atoms with Gasteiger partial charge in [0.15, 0.2) is 0 Å². The fourth-order valence-corrected chi connectivity index (χ4v) is 6.42. The standard InChI is InChI=1S/C33H32Cl2FN3O4S/c1-23(2)37-33(41)31(20-24-11-5-3-6-12-24)38(21-25-17-18-27(34)28(35)19-25)32(40)22-39(30-16-10-9-15-29(30)36)44(42,43)26-13-7-4-8-14-26/h3-19,23,31H,20-22H2,1-2H3,(H,37,41)/t31-/m1/s1. The Balaban J connectivity index is 1.82. The van der Waals surface area contributed by atoms with Crippen LogP contribution in [0.15, 0.2) is 108 Å². The monoisotopic (exact) mass is 655 g/mol. The van der Waals surface area contributed by atoms with E-state index in [1.54, 1.807) is 38.1 Å². The van der Waals surface area contributed by atoms with E-state index in [1.807, 2.05) is 30.3 Å². The summed E-state index contributed by atoms with van der Waals surface area (Å²) in [5.74, 6) is -1.98. The van der Waals surface area contributed by atoms with Crippen molar-refractivity contribution in [1.82, 2.24) is 10.2 Å². The predicted octanol–water partition coefficient (Wildman–Crippen LogP) is 6.49. The van der Waals surface area contributed by atoms with Crippen LogP contribution < -0.4 is 9.62 Å². The normalized spacial score (nSPS) is 12.0. The quantitative estimate of drug-likeness (QED) is 0.189. The zero-order valence-electron chi connectivity index (χ0n) is 24.2. The van der Waals surface area contributed by atoms with Gasteiger partial charge in [-0.05, 0) is 61.4 Å². The van der Waals surface area contributed by atoms with Crippen molar-refractivity contribution in [2.45, 2.75) is 43.8 Å². The summed E-state index contributed by atoms with van der Waals surface area (Å²) in [5.41, 5.74) is 1.04. The zero-order chi connectivity index (χ0) is 31.9. The highest BCUT2D eigenvalue weighted by Crippen LogP contribution is 2.28. The van der Waals surface area contributed by atoms with E-state index in [1.165, 1.54) is 47.4 Å². The van der Waals surface area contributed by atoms with E-state index in [2.05, 4.69) is 5.32 Å². The molecule has 7 nitrogen and oxygen atoms in total. The molecule has 0 aliphatic carbocycles. The minimum absolute atomic E-state index is 0.102. The average molecular weight is 657 g/mol. The minimum atomic E-state index is -4.41. The highest BCUT2D eigenvalue weighted by atomic mass is 35.5. The van der Waals surface area contributed by atoms with Crippen LogP contribution in [-0.2, 0) is 32.6 Å². The van der Waals surface area contributed by atoms with Crippen LogP contribution in [-0.4, -0.2) is 43.8 Å². The van der Waals surface area contributed by atoms with Gasteiger partial charge in [0.05, 0.1) is 20.6 Å². The van der Waals surface area contributed by atoms with Gasteiger partial charge < -0.3 is 10.2 Å². The number of para-hydroxylation sites is 1. The Hall–Kier alpha value is -3.92. The van der Waals surface area contributed by atoms with Crippen LogP contribution in [0.25, 0.3) is 0 Å². The van der Waals surface area contributed by atoms with Gasteiger partial charge in [-0.2, -0.15) is 0 Å². The van der Waals surface area contributed by atoms with Crippen molar-refractivity contribution in [3.05, 3.63) is 130 Å². The second-order valence-electron chi connectivity index (χ2n) is 10.4. The number of amides is 2. The molecule has 11 heteroatoms. The van der Waals surface area contributed by atoms with Crippen LogP contribution >= 0.6 is 23.2 Å². The van der Waals surface area contributed by atoms with E-state index in [0.717, 1.165) is 15.9 Å². The number of nitrogens with zero attached hydrogens (tertiary/aromatic N) is 2. The third-order valence-electron chi connectivity index (χ3n) is 6.77. The number of carbonyl (C=O) groups excluding carboxylic acids is 2. The summed E-state index contributed by atoms with van der Waals surface area (Å²) in [4.78, 5) is 29.2. The first-order chi connectivity index (χ1) is 21.0. The van der Waals surface area contributed by atoms with Crippen LogP contribution in [0.1, 0.15) is 25.0 Å². The topological polar surface area (TPSA) is 86.8 Å². The fourth-order valence-electron chi connectivity index (χ4n) is 4.66. The molecule has 0 spiro atoms. The lowest BCUT2D eigenvalue weighted by molar-refractivity contribution is -0.140. The van der Waals surface area contributed by atoms with Gasteiger partial charge in [0.25, 0.3) is 10.0 Å². The van der Waals surface area contributed by atoms with Crippen LogP contribution in [0.5, 0.6) is 0 Å². The molecule has 2 amide bonds. The summed E-state index contributed by atoms with van der Waals surface area (Å²) in [6, 6.07) is 25.5. The lowest BCUT2D eigenvalue weighted by atomic mass is 10.0. The molecule has 230 valence electrons. The van der Waals surface area contributed by atoms with E-state index in [0.29, 0.717) is 10.6 Å². The van der Waals surface area contributed by atoms with Gasteiger partial charge in [-0.25, -0.2) is 12.8 Å². The van der Waals surface area contributed by atoms with Crippen LogP contribution in [0.3, 0.4) is 0 Å². The van der Waals surface area contributed by atoms with Gasteiger partial charge in [-0.1, -0.05) is 89.9 Å². The molecule has 0 aromatic heterocycles. The number of benzene rings is 4. The third kappa shape index (κ3) is 8.16. The summed E-state index contributed by atoms with van der Waals surface area (Å²) in [5, 5.41) is 3.45. The Morgan fingerprint density at radius 1 is 0.818 bits per heavy atom. The molecule has 0 saturated carbocycles. The molecule has 4 aromatic carbocycles. The van der Waals surface area contributed by atoms with Gasteiger partial charge in [0.1, 0.15) is 18.4 Å². The maximum absolute atomic E-state index is 15.2. The molecule has 0 aliphatic heterocycles. The summed E-state index contributed by atoms with van der Waals surface area (Å²) in [7, 11) is -4.41. The van der Waals surface area contributed by atoms with Crippen LogP contribution in [0.2, 0.25) is 10.0 Å². The third-order valence-corrected chi connectivity index (χ3v) is 9.28. The number of sulfonamides is 1. The van der Waals surface area contributed by atoms with Crippen molar-refractivity contribution in [3.8, 4) is 0 Å². The smallest absolute Gasteiger partial charge is 0.264 e. The number of anilines is 1. The molecule has 44 heavy (non-hydrogen) atoms. The van der Waals surface area contributed by atoms with Crippen LogP contribution in [0, 0.1) is 5.82 Å². The lowest BCUT2D eigenvalue weighted by Gasteiger charge is -2.34. The van der Waals surface area contributed by atoms with E-state index >= 15 is 4.39 Å². The first-order valence-electron chi connectivity index (χ1n) is 13.9. The summed E-state index contributed by atoms with van der Waals surface area (Å²) in [6.07, 6.45) is 0.136. The summed E-state index contributed by atoms with van der Waals surface area (Å²) < 4.78 is 43.7. The van der Waals surface area contributed by atoms with Gasteiger partial charge in [0, 0.05) is 19.0 Å². The lowest BCUT2D eigenvalue weighted by Crippen LogP contribution is -2.54. The van der Waals surface area contributed by atoms with Crippen molar-refractivity contribution < 1.29 is 22.4 Å².